The topological polar surface area (TPSA) is 39.7 Å². The Morgan fingerprint density at radius 3 is 2.20 bits per heavy atom. The normalized spacial score (nSPS) is 12.5. The predicted molar refractivity (Wildman–Crippen MR) is 72.8 cm³/mol. The molecule has 114 valence electrons. The van der Waals surface area contributed by atoms with Crippen molar-refractivity contribution in [3.8, 4) is 11.5 Å². The molecule has 20 heavy (non-hydrogen) atoms. The molecule has 0 aromatic heterocycles. The molecule has 0 aliphatic rings. The number of alkyl halides is 2. The summed E-state index contributed by atoms with van der Waals surface area (Å²) in [6, 6.07) is 5.41. The zero-order chi connectivity index (χ0) is 15.0. The Labute approximate surface area is 118 Å². The minimum absolute atomic E-state index is 0.0984. The van der Waals surface area contributed by atoms with Crippen molar-refractivity contribution in [1.82, 2.24) is 5.32 Å². The minimum Gasteiger partial charge on any atom is -0.496 e. The summed E-state index contributed by atoms with van der Waals surface area (Å²) in [5.74, 6) is 1.38. The zero-order valence-electron chi connectivity index (χ0n) is 12.0. The maximum atomic E-state index is 12.0. The van der Waals surface area contributed by atoms with Crippen LogP contribution in [0.4, 0.5) is 8.78 Å². The van der Waals surface area contributed by atoms with E-state index in [2.05, 4.69) is 5.32 Å². The number of hydrogen-bond donors (Lipinski definition) is 1. The van der Waals surface area contributed by atoms with Gasteiger partial charge in [0.1, 0.15) is 18.1 Å². The highest BCUT2D eigenvalue weighted by molar-refractivity contribution is 5.47. The molecule has 1 N–H and O–H groups in total. The molecule has 1 atom stereocenters. The largest absolute Gasteiger partial charge is 0.496 e. The highest BCUT2D eigenvalue weighted by Crippen LogP contribution is 2.35. The second kappa shape index (κ2) is 8.71. The van der Waals surface area contributed by atoms with Crippen LogP contribution in [0.1, 0.15) is 18.0 Å². The van der Waals surface area contributed by atoms with E-state index in [0.29, 0.717) is 17.9 Å². The third-order valence-corrected chi connectivity index (χ3v) is 2.96. The Morgan fingerprint density at radius 2 is 1.75 bits per heavy atom. The van der Waals surface area contributed by atoms with Gasteiger partial charge in [-0.2, -0.15) is 0 Å². The molecule has 1 aromatic carbocycles. The van der Waals surface area contributed by atoms with E-state index in [0.717, 1.165) is 5.56 Å². The molecule has 0 bridgehead atoms. The van der Waals surface area contributed by atoms with Crippen molar-refractivity contribution in [3.63, 3.8) is 0 Å². The number of hydrogen-bond acceptors (Lipinski definition) is 4. The van der Waals surface area contributed by atoms with E-state index in [9.17, 15) is 8.78 Å². The lowest BCUT2D eigenvalue weighted by molar-refractivity contribution is 0.0144. The summed E-state index contributed by atoms with van der Waals surface area (Å²) in [5, 5.41) is 3.13. The van der Waals surface area contributed by atoms with Crippen LogP contribution in [0.2, 0.25) is 0 Å². The molecule has 1 aromatic rings. The third kappa shape index (κ3) is 4.61. The van der Waals surface area contributed by atoms with Crippen LogP contribution in [-0.2, 0) is 4.74 Å². The Bertz CT molecular complexity index is 380. The number of rotatable bonds is 9. The molecule has 0 amide bonds. The first-order valence-corrected chi connectivity index (χ1v) is 6.38. The van der Waals surface area contributed by atoms with Crippen molar-refractivity contribution < 1.29 is 23.0 Å². The Kier molecular flexibility index (Phi) is 7.25. The number of methoxy groups -OCH3 is 2. The summed E-state index contributed by atoms with van der Waals surface area (Å²) in [6.45, 7) is -0.309. The predicted octanol–water partition coefficient (Wildman–Crippen LogP) is 2.64. The van der Waals surface area contributed by atoms with Crippen LogP contribution in [-0.4, -0.2) is 40.9 Å². The number of benzene rings is 1. The van der Waals surface area contributed by atoms with Crippen molar-refractivity contribution in [2.24, 2.45) is 0 Å². The molecular formula is C14H21F2NO3. The number of nitrogens with one attached hydrogen (secondary N) is 1. The lowest BCUT2D eigenvalue weighted by Crippen LogP contribution is -2.20. The van der Waals surface area contributed by atoms with Crippen LogP contribution < -0.4 is 14.8 Å². The second-order valence-electron chi connectivity index (χ2n) is 4.17. The fourth-order valence-corrected chi connectivity index (χ4v) is 2.03. The molecule has 0 saturated carbocycles. The van der Waals surface area contributed by atoms with Gasteiger partial charge in [0.2, 0.25) is 0 Å². The summed E-state index contributed by atoms with van der Waals surface area (Å²) >= 11 is 0. The summed E-state index contributed by atoms with van der Waals surface area (Å²) in [6.07, 6.45) is -1.90. The van der Waals surface area contributed by atoms with Crippen molar-refractivity contribution >= 4 is 0 Å². The summed E-state index contributed by atoms with van der Waals surface area (Å²) in [4.78, 5) is 0. The highest BCUT2D eigenvalue weighted by atomic mass is 19.3. The van der Waals surface area contributed by atoms with Crippen LogP contribution in [0.5, 0.6) is 11.5 Å². The number of halogens is 2. The lowest BCUT2D eigenvalue weighted by atomic mass is 10.0. The van der Waals surface area contributed by atoms with E-state index in [1.54, 1.807) is 21.3 Å². The SMILES string of the molecule is CNC(CCOCC(F)F)c1c(OC)cccc1OC. The highest BCUT2D eigenvalue weighted by Gasteiger charge is 2.19. The standard InChI is InChI=1S/C14H21F2NO3/c1-17-10(7-8-20-9-13(15)16)14-11(18-2)5-4-6-12(14)19-3/h4-6,10,13,17H,7-9H2,1-3H3. The van der Waals surface area contributed by atoms with Gasteiger partial charge in [-0.15, -0.1) is 0 Å². The van der Waals surface area contributed by atoms with Gasteiger partial charge in [0, 0.05) is 12.6 Å². The smallest absolute Gasteiger partial charge is 0.261 e. The molecule has 0 spiro atoms. The van der Waals surface area contributed by atoms with Gasteiger partial charge in [-0.1, -0.05) is 6.07 Å². The van der Waals surface area contributed by atoms with E-state index >= 15 is 0 Å². The first-order valence-electron chi connectivity index (χ1n) is 6.38. The van der Waals surface area contributed by atoms with Gasteiger partial charge < -0.3 is 19.5 Å². The molecule has 0 saturated heterocycles. The monoisotopic (exact) mass is 289 g/mol. The Hall–Kier alpha value is -1.40. The first kappa shape index (κ1) is 16.7. The summed E-state index contributed by atoms with van der Waals surface area (Å²) < 4.78 is 39.6. The van der Waals surface area contributed by atoms with Gasteiger partial charge in [-0.05, 0) is 25.6 Å². The van der Waals surface area contributed by atoms with E-state index in [1.165, 1.54) is 0 Å². The maximum absolute atomic E-state index is 12.0. The van der Waals surface area contributed by atoms with E-state index in [-0.39, 0.29) is 12.6 Å². The maximum Gasteiger partial charge on any atom is 0.261 e. The first-order chi connectivity index (χ1) is 9.63. The van der Waals surface area contributed by atoms with Crippen LogP contribution in [0.3, 0.4) is 0 Å². The number of ether oxygens (including phenoxy) is 3. The molecule has 1 unspecified atom stereocenters. The molecule has 0 heterocycles. The zero-order valence-corrected chi connectivity index (χ0v) is 12.0. The summed E-state index contributed by atoms with van der Waals surface area (Å²) in [5.41, 5.74) is 0.862. The quantitative estimate of drug-likeness (QED) is 0.709. The molecule has 4 nitrogen and oxygen atoms in total. The Morgan fingerprint density at radius 1 is 1.15 bits per heavy atom. The molecule has 0 fully saturated rings. The van der Waals surface area contributed by atoms with Crippen molar-refractivity contribution in [1.29, 1.82) is 0 Å². The fraction of sp³-hybridized carbons (Fsp3) is 0.571. The van der Waals surface area contributed by atoms with Crippen LogP contribution in [0.15, 0.2) is 18.2 Å². The molecule has 0 aliphatic carbocycles. The molecule has 0 radical (unpaired) electrons. The van der Waals surface area contributed by atoms with Crippen LogP contribution in [0, 0.1) is 0 Å². The average molecular weight is 289 g/mol. The van der Waals surface area contributed by atoms with Gasteiger partial charge in [0.25, 0.3) is 6.43 Å². The molecule has 0 aliphatic heterocycles. The van der Waals surface area contributed by atoms with Crippen molar-refractivity contribution in [2.75, 3.05) is 34.5 Å². The van der Waals surface area contributed by atoms with E-state index < -0.39 is 13.0 Å². The molecular weight excluding hydrogens is 268 g/mol. The van der Waals surface area contributed by atoms with Crippen LogP contribution in [0.25, 0.3) is 0 Å². The second-order valence-corrected chi connectivity index (χ2v) is 4.17. The molecule has 1 rings (SSSR count). The van der Waals surface area contributed by atoms with Crippen LogP contribution >= 0.6 is 0 Å². The lowest BCUT2D eigenvalue weighted by Gasteiger charge is -2.21. The summed E-state index contributed by atoms with van der Waals surface area (Å²) in [7, 11) is 4.96. The molecule has 6 heteroatoms. The van der Waals surface area contributed by atoms with E-state index in [4.69, 9.17) is 14.2 Å². The van der Waals surface area contributed by atoms with Gasteiger partial charge in [0.05, 0.1) is 19.8 Å². The van der Waals surface area contributed by atoms with Gasteiger partial charge >= 0.3 is 0 Å². The van der Waals surface area contributed by atoms with Crippen molar-refractivity contribution in [2.45, 2.75) is 18.9 Å². The minimum atomic E-state index is -2.44. The third-order valence-electron chi connectivity index (χ3n) is 2.96. The van der Waals surface area contributed by atoms with Gasteiger partial charge in [-0.25, -0.2) is 8.78 Å². The van der Waals surface area contributed by atoms with Gasteiger partial charge in [0.15, 0.2) is 0 Å². The van der Waals surface area contributed by atoms with Crippen molar-refractivity contribution in [3.05, 3.63) is 23.8 Å². The fourth-order valence-electron chi connectivity index (χ4n) is 2.03. The average Bonchev–Trinajstić information content (AvgIpc) is 2.46. The van der Waals surface area contributed by atoms with E-state index in [1.807, 2.05) is 18.2 Å². The van der Waals surface area contributed by atoms with Gasteiger partial charge in [-0.3, -0.25) is 0 Å². The Balaban J connectivity index is 2.78.